The van der Waals surface area contributed by atoms with E-state index in [1.807, 2.05) is 90.1 Å². The third kappa shape index (κ3) is 5.91. The summed E-state index contributed by atoms with van der Waals surface area (Å²) in [6, 6.07) is 21.3. The molecule has 0 radical (unpaired) electrons. The summed E-state index contributed by atoms with van der Waals surface area (Å²) in [5.74, 6) is -0.413. The molecule has 1 saturated heterocycles. The SMILES string of the molecule is Cc1cccc(C2/C(=C(\O)c3cccc(OC(C)C)c3)C(=O)C(=O)N2Cc2ccccc2OC(C)(C)C)c1. The number of Topliss-reactive ketones (excluding diaryl/α,β-unsaturated/α-hetero) is 1. The Hall–Kier alpha value is -4.06. The number of nitrogens with zero attached hydrogens (tertiary/aromatic N) is 1. The van der Waals surface area contributed by atoms with Gasteiger partial charge in [-0.2, -0.15) is 0 Å². The van der Waals surface area contributed by atoms with Crippen LogP contribution < -0.4 is 9.47 Å². The maximum absolute atomic E-state index is 13.5. The van der Waals surface area contributed by atoms with E-state index in [1.54, 1.807) is 24.3 Å². The zero-order chi connectivity index (χ0) is 27.6. The quantitative estimate of drug-likeness (QED) is 0.219. The van der Waals surface area contributed by atoms with Crippen molar-refractivity contribution < 1.29 is 24.2 Å². The van der Waals surface area contributed by atoms with E-state index in [0.717, 1.165) is 16.7 Å². The maximum Gasteiger partial charge on any atom is 0.295 e. The van der Waals surface area contributed by atoms with Crippen molar-refractivity contribution in [1.82, 2.24) is 4.90 Å². The fourth-order valence-corrected chi connectivity index (χ4v) is 4.62. The number of aliphatic hydroxyl groups excluding tert-OH is 1. The number of para-hydroxylation sites is 1. The molecule has 1 aliphatic heterocycles. The molecule has 3 aromatic rings. The number of aliphatic hydroxyl groups is 1. The van der Waals surface area contributed by atoms with E-state index in [9.17, 15) is 14.7 Å². The summed E-state index contributed by atoms with van der Waals surface area (Å²) in [7, 11) is 0. The van der Waals surface area contributed by atoms with Gasteiger partial charge in [-0.15, -0.1) is 0 Å². The number of aryl methyl sites for hydroxylation is 1. The smallest absolute Gasteiger partial charge is 0.295 e. The summed E-state index contributed by atoms with van der Waals surface area (Å²) < 4.78 is 11.9. The van der Waals surface area contributed by atoms with Crippen LogP contribution in [0, 0.1) is 6.92 Å². The Morgan fingerprint density at radius 2 is 1.68 bits per heavy atom. The molecule has 0 aliphatic carbocycles. The number of carbonyl (C=O) groups is 2. The molecule has 3 aromatic carbocycles. The van der Waals surface area contributed by atoms with Crippen molar-refractivity contribution in [3.63, 3.8) is 0 Å². The predicted octanol–water partition coefficient (Wildman–Crippen LogP) is 6.58. The van der Waals surface area contributed by atoms with E-state index in [1.165, 1.54) is 4.90 Å². The van der Waals surface area contributed by atoms with E-state index in [0.29, 0.717) is 17.1 Å². The van der Waals surface area contributed by atoms with E-state index < -0.39 is 23.3 Å². The number of rotatable bonds is 7. The molecule has 1 heterocycles. The molecule has 1 atom stereocenters. The fraction of sp³-hybridized carbons (Fsp3) is 0.312. The number of likely N-dealkylation sites (tertiary alicyclic amines) is 1. The average molecular weight is 514 g/mol. The third-order valence-corrected chi connectivity index (χ3v) is 6.11. The molecule has 6 nitrogen and oxygen atoms in total. The van der Waals surface area contributed by atoms with Crippen molar-refractivity contribution in [1.29, 1.82) is 0 Å². The first kappa shape index (κ1) is 27.0. The van der Waals surface area contributed by atoms with Gasteiger partial charge in [0.05, 0.1) is 24.3 Å². The van der Waals surface area contributed by atoms with Crippen LogP contribution in [0.1, 0.15) is 62.9 Å². The second-order valence-electron chi connectivity index (χ2n) is 10.9. The normalized spacial score (nSPS) is 17.2. The van der Waals surface area contributed by atoms with Crippen LogP contribution in [0.15, 0.2) is 78.4 Å². The van der Waals surface area contributed by atoms with Gasteiger partial charge in [-0.05, 0) is 65.3 Å². The summed E-state index contributed by atoms with van der Waals surface area (Å²) in [6.45, 7) is 11.8. The highest BCUT2D eigenvalue weighted by Gasteiger charge is 2.46. The van der Waals surface area contributed by atoms with Crippen molar-refractivity contribution in [2.75, 3.05) is 0 Å². The van der Waals surface area contributed by atoms with Gasteiger partial charge in [0.25, 0.3) is 11.7 Å². The molecule has 38 heavy (non-hydrogen) atoms. The standard InChI is InChI=1S/C32H35NO5/c1-20(2)37-25-15-10-14-23(18-25)29(34)27-28(22-13-9-11-21(3)17-22)33(31(36)30(27)35)19-24-12-7-8-16-26(24)38-32(4,5)6/h7-18,20,28,34H,19H2,1-6H3/b29-27+. The first-order valence-corrected chi connectivity index (χ1v) is 12.8. The van der Waals surface area contributed by atoms with Gasteiger partial charge in [0.1, 0.15) is 22.9 Å². The minimum atomic E-state index is -0.771. The van der Waals surface area contributed by atoms with Crippen molar-refractivity contribution in [3.05, 3.63) is 101 Å². The van der Waals surface area contributed by atoms with Gasteiger partial charge in [-0.1, -0.05) is 60.2 Å². The number of ether oxygens (including phenoxy) is 2. The number of hydrogen-bond donors (Lipinski definition) is 1. The van der Waals surface area contributed by atoms with Crippen molar-refractivity contribution >= 4 is 17.4 Å². The van der Waals surface area contributed by atoms with Gasteiger partial charge in [0.2, 0.25) is 0 Å². The maximum atomic E-state index is 13.5. The molecule has 1 N–H and O–H groups in total. The Labute approximate surface area is 224 Å². The second kappa shape index (κ2) is 10.7. The van der Waals surface area contributed by atoms with Crippen LogP contribution in [0.4, 0.5) is 0 Å². The molecule has 6 heteroatoms. The summed E-state index contributed by atoms with van der Waals surface area (Å²) in [5, 5.41) is 11.5. The molecule has 0 aromatic heterocycles. The van der Waals surface area contributed by atoms with Crippen LogP contribution in [0.25, 0.3) is 5.76 Å². The third-order valence-electron chi connectivity index (χ3n) is 6.11. The van der Waals surface area contributed by atoms with Gasteiger partial charge in [0, 0.05) is 11.1 Å². The van der Waals surface area contributed by atoms with Crippen LogP contribution in [0.2, 0.25) is 0 Å². The predicted molar refractivity (Wildman–Crippen MR) is 148 cm³/mol. The van der Waals surface area contributed by atoms with Gasteiger partial charge < -0.3 is 19.5 Å². The molecule has 0 saturated carbocycles. The van der Waals surface area contributed by atoms with Gasteiger partial charge >= 0.3 is 0 Å². The molecule has 1 aliphatic rings. The van der Waals surface area contributed by atoms with E-state index in [2.05, 4.69) is 0 Å². The number of hydrogen-bond acceptors (Lipinski definition) is 5. The average Bonchev–Trinajstić information content (AvgIpc) is 3.08. The Morgan fingerprint density at radius 3 is 2.37 bits per heavy atom. The van der Waals surface area contributed by atoms with Crippen LogP contribution in [0.5, 0.6) is 11.5 Å². The lowest BCUT2D eigenvalue weighted by Gasteiger charge is -2.28. The van der Waals surface area contributed by atoms with E-state index in [4.69, 9.17) is 9.47 Å². The lowest BCUT2D eigenvalue weighted by Crippen LogP contribution is -2.30. The summed E-state index contributed by atoms with van der Waals surface area (Å²) in [5.41, 5.74) is 2.52. The molecule has 1 unspecified atom stereocenters. The molecule has 198 valence electrons. The molecule has 0 spiro atoms. The largest absolute Gasteiger partial charge is 0.507 e. The Balaban J connectivity index is 1.84. The highest BCUT2D eigenvalue weighted by molar-refractivity contribution is 6.46. The topological polar surface area (TPSA) is 76.1 Å². The van der Waals surface area contributed by atoms with E-state index >= 15 is 0 Å². The Kier molecular flexibility index (Phi) is 7.63. The lowest BCUT2D eigenvalue weighted by molar-refractivity contribution is -0.140. The summed E-state index contributed by atoms with van der Waals surface area (Å²) in [6.07, 6.45) is -0.0549. The number of carbonyl (C=O) groups excluding carboxylic acids is 2. The number of ketones is 1. The van der Waals surface area contributed by atoms with Crippen LogP contribution in [-0.4, -0.2) is 33.4 Å². The van der Waals surface area contributed by atoms with Crippen molar-refractivity contribution in [2.45, 2.75) is 65.8 Å². The van der Waals surface area contributed by atoms with Crippen molar-refractivity contribution in [3.8, 4) is 11.5 Å². The Morgan fingerprint density at radius 1 is 0.974 bits per heavy atom. The first-order valence-electron chi connectivity index (χ1n) is 12.8. The Bertz CT molecular complexity index is 1380. The zero-order valence-electron chi connectivity index (χ0n) is 22.8. The van der Waals surface area contributed by atoms with Crippen LogP contribution >= 0.6 is 0 Å². The molecule has 1 amide bonds. The van der Waals surface area contributed by atoms with E-state index in [-0.39, 0.29) is 24.0 Å². The van der Waals surface area contributed by atoms with Crippen LogP contribution in [0.3, 0.4) is 0 Å². The summed E-state index contributed by atoms with van der Waals surface area (Å²) in [4.78, 5) is 28.5. The minimum Gasteiger partial charge on any atom is -0.507 e. The number of benzene rings is 3. The monoisotopic (exact) mass is 513 g/mol. The molecule has 1 fully saturated rings. The molecular weight excluding hydrogens is 478 g/mol. The lowest BCUT2D eigenvalue weighted by atomic mass is 9.94. The molecule has 0 bridgehead atoms. The van der Waals surface area contributed by atoms with Gasteiger partial charge in [-0.25, -0.2) is 0 Å². The van der Waals surface area contributed by atoms with Crippen molar-refractivity contribution in [2.24, 2.45) is 0 Å². The summed E-state index contributed by atoms with van der Waals surface area (Å²) >= 11 is 0. The van der Waals surface area contributed by atoms with Crippen LogP contribution in [-0.2, 0) is 16.1 Å². The molecule has 4 rings (SSSR count). The highest BCUT2D eigenvalue weighted by Crippen LogP contribution is 2.41. The number of amides is 1. The minimum absolute atomic E-state index is 0.0523. The first-order chi connectivity index (χ1) is 17.9. The second-order valence-corrected chi connectivity index (χ2v) is 10.9. The molecular formula is C32H35NO5. The zero-order valence-corrected chi connectivity index (χ0v) is 22.8. The van der Waals surface area contributed by atoms with Gasteiger partial charge in [0.15, 0.2) is 0 Å². The highest BCUT2D eigenvalue weighted by atomic mass is 16.5. The fourth-order valence-electron chi connectivity index (χ4n) is 4.62. The van der Waals surface area contributed by atoms with Gasteiger partial charge in [-0.3, -0.25) is 9.59 Å².